The summed E-state index contributed by atoms with van der Waals surface area (Å²) in [7, 11) is 0. The van der Waals surface area contributed by atoms with Gasteiger partial charge in [0.2, 0.25) is 23.0 Å². The predicted molar refractivity (Wildman–Crippen MR) is 240 cm³/mol. The molecule has 2 aromatic heterocycles. The first-order valence-corrected chi connectivity index (χ1v) is 20.9. The summed E-state index contributed by atoms with van der Waals surface area (Å²) >= 11 is 2.40. The number of nitro benzene ring substituents is 4. The second-order valence-electron chi connectivity index (χ2n) is 13.9. The first-order chi connectivity index (χ1) is 32.7. The van der Waals surface area contributed by atoms with Crippen molar-refractivity contribution in [2.45, 2.75) is 0 Å². The summed E-state index contributed by atoms with van der Waals surface area (Å²) in [6.45, 7) is -1.30. The van der Waals surface area contributed by atoms with Crippen LogP contribution in [-0.2, 0) is 9.59 Å². The molecule has 26 heteroatoms. The van der Waals surface area contributed by atoms with Gasteiger partial charge in [-0.25, -0.2) is 9.97 Å². The lowest BCUT2D eigenvalue weighted by molar-refractivity contribution is -0.395. The van der Waals surface area contributed by atoms with Crippen molar-refractivity contribution in [3.63, 3.8) is 0 Å². The number of benzene rings is 6. The minimum atomic E-state index is -0.962. The Morgan fingerprint density at radius 3 is 1.12 bits per heavy atom. The van der Waals surface area contributed by atoms with E-state index >= 15 is 0 Å². The maximum atomic E-state index is 13.0. The van der Waals surface area contributed by atoms with Crippen LogP contribution >= 0.6 is 22.7 Å². The summed E-state index contributed by atoms with van der Waals surface area (Å²) < 4.78 is 36.8. The molecule has 9 rings (SSSR count). The maximum absolute atomic E-state index is 13.0. The highest BCUT2D eigenvalue weighted by Gasteiger charge is 2.31. The number of rotatable bonds is 12. The number of hydrogen-bond acceptors (Lipinski definition) is 20. The molecule has 0 unspecified atom stereocenters. The Hall–Kier alpha value is -9.56. The Morgan fingerprint density at radius 1 is 0.485 bits per heavy atom. The van der Waals surface area contributed by atoms with Crippen molar-refractivity contribution in [3.8, 4) is 57.5 Å². The number of amides is 2. The fraction of sp³-hybridized carbons (Fsp3) is 0.0476. The number of nitro groups is 4. The third-order valence-electron chi connectivity index (χ3n) is 9.31. The van der Waals surface area contributed by atoms with E-state index in [4.69, 9.17) is 28.4 Å². The van der Waals surface area contributed by atoms with Crippen LogP contribution in [0.1, 0.15) is 0 Å². The molecule has 0 saturated carbocycles. The Balaban J connectivity index is 1.10. The molecule has 0 aliphatic carbocycles. The van der Waals surface area contributed by atoms with Crippen LogP contribution in [0.4, 0.5) is 33.0 Å². The second-order valence-corrected chi connectivity index (χ2v) is 16.0. The molecule has 24 nitrogen and oxygen atoms in total. The van der Waals surface area contributed by atoms with Crippen LogP contribution in [-0.4, -0.2) is 54.7 Å². The van der Waals surface area contributed by atoms with E-state index in [2.05, 4.69) is 20.6 Å². The van der Waals surface area contributed by atoms with Crippen molar-refractivity contribution in [2.24, 2.45) is 0 Å². The van der Waals surface area contributed by atoms with Gasteiger partial charge in [0.05, 0.1) is 40.1 Å². The van der Waals surface area contributed by atoms with Gasteiger partial charge >= 0.3 is 22.7 Å². The smallest absolute Gasteiger partial charge is 0.318 e. The highest BCUT2D eigenvalue weighted by molar-refractivity contribution is 7.22. The number of nitrogens with one attached hydrogen (secondary N) is 2. The molecule has 1 aliphatic rings. The molecule has 6 aromatic carbocycles. The summed E-state index contributed by atoms with van der Waals surface area (Å²) in [6.07, 6.45) is 0. The summed E-state index contributed by atoms with van der Waals surface area (Å²) in [5, 5.41) is 55.2. The highest BCUT2D eigenvalue weighted by atomic mass is 32.1. The van der Waals surface area contributed by atoms with Crippen molar-refractivity contribution in [2.75, 3.05) is 23.8 Å². The van der Waals surface area contributed by atoms with E-state index in [1.54, 1.807) is 36.4 Å². The van der Waals surface area contributed by atoms with Gasteiger partial charge in [0.15, 0.2) is 23.5 Å². The predicted octanol–water partition coefficient (Wildman–Crippen LogP) is 10.1. The van der Waals surface area contributed by atoms with Crippen LogP contribution in [0.2, 0.25) is 0 Å². The number of ether oxygens (including phenoxy) is 6. The molecule has 1 aliphatic heterocycles. The normalized spacial score (nSPS) is 11.5. The molecule has 0 spiro atoms. The van der Waals surface area contributed by atoms with E-state index < -0.39 is 90.5 Å². The molecular weight excluding hydrogens is 937 g/mol. The van der Waals surface area contributed by atoms with Crippen LogP contribution in [0.15, 0.2) is 109 Å². The zero-order valence-electron chi connectivity index (χ0n) is 33.8. The van der Waals surface area contributed by atoms with Gasteiger partial charge in [-0.05, 0) is 24.3 Å². The van der Waals surface area contributed by atoms with Gasteiger partial charge in [-0.1, -0.05) is 46.9 Å². The Labute approximate surface area is 385 Å². The molecular formula is C42H24N8O16S2. The van der Waals surface area contributed by atoms with Gasteiger partial charge in [-0.2, -0.15) is 0 Å². The minimum absolute atomic E-state index is 0.198. The van der Waals surface area contributed by atoms with Crippen LogP contribution in [0.3, 0.4) is 0 Å². The van der Waals surface area contributed by atoms with Gasteiger partial charge in [-0.3, -0.25) is 60.7 Å². The molecule has 2 amide bonds. The number of hydrogen-bond donors (Lipinski definition) is 2. The van der Waals surface area contributed by atoms with Crippen molar-refractivity contribution in [1.82, 2.24) is 9.97 Å². The van der Waals surface area contributed by atoms with E-state index in [9.17, 15) is 50.0 Å². The van der Waals surface area contributed by atoms with Crippen LogP contribution in [0.5, 0.6) is 57.5 Å². The Bertz CT molecular complexity index is 3010. The van der Waals surface area contributed by atoms with Gasteiger partial charge < -0.3 is 28.4 Å². The van der Waals surface area contributed by atoms with Gasteiger partial charge in [0.1, 0.15) is 46.6 Å². The molecule has 8 aromatic rings. The molecule has 68 heavy (non-hydrogen) atoms. The van der Waals surface area contributed by atoms with E-state index in [1.165, 1.54) is 22.7 Å². The average molecular weight is 961 g/mol. The molecule has 2 N–H and O–H groups in total. The Morgan fingerprint density at radius 2 is 0.809 bits per heavy atom. The third-order valence-corrected chi connectivity index (χ3v) is 11.2. The maximum Gasteiger partial charge on any atom is 0.318 e. The van der Waals surface area contributed by atoms with Gasteiger partial charge in [0.25, 0.3) is 11.8 Å². The number of anilines is 2. The first-order valence-electron chi connectivity index (χ1n) is 19.2. The standard InChI is InChI=1S/C42H24N8O16S2/c51-39(45-41-43-27-5-1-3-7-37(27)67-41)19-61-21-9-23-13-24(10-21)64-34-18-36(32(50(59)60)16-30(34)48(55)56)66-26-12-22(62-20-40(52)46-42-44-28-6-2-4-8-38(28)68-42)11-25(14-26)65-35-17-33(63-23)29(47(53)54)15-31(35)49(57)58/h1-18H,19-20H2,(H,43,45,51)(H,44,46,52). The average Bonchev–Trinajstić information content (AvgIpc) is 3.90. The highest BCUT2D eigenvalue weighted by Crippen LogP contribution is 2.48. The number of fused-ring (bicyclic) bond motifs is 10. The number of carbonyl (C=O) groups excluding carboxylic acids is 2. The topological polar surface area (TPSA) is 312 Å². The molecule has 0 radical (unpaired) electrons. The molecule has 0 atom stereocenters. The van der Waals surface area contributed by atoms with Crippen LogP contribution in [0, 0.1) is 40.5 Å². The monoisotopic (exact) mass is 960 g/mol. The van der Waals surface area contributed by atoms with Gasteiger partial charge in [-0.15, -0.1) is 0 Å². The van der Waals surface area contributed by atoms with Crippen molar-refractivity contribution >= 4 is 87.9 Å². The Kier molecular flexibility index (Phi) is 11.7. The van der Waals surface area contributed by atoms with E-state index in [0.29, 0.717) is 23.2 Å². The fourth-order valence-corrected chi connectivity index (χ4v) is 8.20. The van der Waals surface area contributed by atoms with Crippen molar-refractivity contribution < 1.29 is 57.7 Å². The number of aromatic nitrogens is 2. The molecule has 340 valence electrons. The van der Waals surface area contributed by atoms with Crippen molar-refractivity contribution in [3.05, 3.63) is 150 Å². The fourth-order valence-electron chi connectivity index (χ4n) is 6.44. The molecule has 3 heterocycles. The minimum Gasteiger partial charge on any atom is -0.483 e. The molecule has 8 bridgehead atoms. The summed E-state index contributed by atoms with van der Waals surface area (Å²) in [5.74, 6) is -5.57. The van der Waals surface area contributed by atoms with Gasteiger partial charge in [0, 0.05) is 48.5 Å². The third kappa shape index (κ3) is 9.60. The SMILES string of the molecule is O=C(COc1cc2cc(c1)Oc1cc(c([N+](=O)[O-])cc1[N+](=O)[O-])Oc1cc(OCC(=O)Nc3nc4ccccc4s3)cc(c1)Oc1cc(c([N+](=O)[O-])cc1[N+](=O)[O-])O2)Nc1nc2ccccc2s1. The second kappa shape index (κ2) is 18.1. The largest absolute Gasteiger partial charge is 0.483 e. The van der Waals surface area contributed by atoms with E-state index in [1.807, 2.05) is 12.1 Å². The van der Waals surface area contributed by atoms with Crippen LogP contribution < -0.4 is 39.1 Å². The lowest BCUT2D eigenvalue weighted by Crippen LogP contribution is -2.20. The summed E-state index contributed by atoms with van der Waals surface area (Å²) in [6, 6.07) is 23.9. The van der Waals surface area contributed by atoms with Crippen molar-refractivity contribution in [1.29, 1.82) is 0 Å². The first kappa shape index (κ1) is 43.7. The lowest BCUT2D eigenvalue weighted by atomic mass is 10.2. The quantitative estimate of drug-likeness (QED) is 0.0849. The summed E-state index contributed by atoms with van der Waals surface area (Å²) in [4.78, 5) is 80.3. The molecule has 0 saturated heterocycles. The molecule has 0 fully saturated rings. The van der Waals surface area contributed by atoms with E-state index in [-0.39, 0.29) is 44.8 Å². The number of para-hydroxylation sites is 2. The lowest BCUT2D eigenvalue weighted by Gasteiger charge is -2.16. The number of nitrogens with zero attached hydrogens (tertiary/aromatic N) is 6. The zero-order valence-corrected chi connectivity index (χ0v) is 35.5. The van der Waals surface area contributed by atoms with Crippen LogP contribution in [0.25, 0.3) is 20.4 Å². The zero-order chi connectivity index (χ0) is 47.6. The number of carbonyl (C=O) groups is 2. The summed E-state index contributed by atoms with van der Waals surface area (Å²) in [5.41, 5.74) is -2.37. The number of thiazole rings is 2. The van der Waals surface area contributed by atoms with E-state index in [0.717, 1.165) is 57.9 Å².